The van der Waals surface area contributed by atoms with E-state index in [1.807, 2.05) is 18.2 Å². The molecule has 0 radical (unpaired) electrons. The minimum atomic E-state index is -0.114. The first kappa shape index (κ1) is 14.2. The largest absolute Gasteiger partial charge is 0.373 e. The molecule has 0 spiro atoms. The normalized spacial score (nSPS) is 22.8. The van der Waals surface area contributed by atoms with Gasteiger partial charge in [0, 0.05) is 23.9 Å². The Balaban J connectivity index is 2.05. The molecule has 3 nitrogen and oxygen atoms in total. The fraction of sp³-hybridized carbons (Fsp3) is 0.533. The van der Waals surface area contributed by atoms with E-state index in [0.717, 1.165) is 54.3 Å². The van der Waals surface area contributed by atoms with E-state index in [9.17, 15) is 0 Å². The van der Waals surface area contributed by atoms with Crippen LogP contribution in [-0.2, 0) is 17.7 Å². The van der Waals surface area contributed by atoms with Crippen molar-refractivity contribution >= 4 is 34.2 Å². The third kappa shape index (κ3) is 2.67. The van der Waals surface area contributed by atoms with Gasteiger partial charge in [0.05, 0.1) is 23.2 Å². The van der Waals surface area contributed by atoms with Gasteiger partial charge in [0.25, 0.3) is 0 Å². The van der Waals surface area contributed by atoms with Crippen molar-refractivity contribution in [3.63, 3.8) is 0 Å². The summed E-state index contributed by atoms with van der Waals surface area (Å²) in [5.41, 5.74) is 1.92. The van der Waals surface area contributed by atoms with Crippen molar-refractivity contribution in [2.45, 2.75) is 38.3 Å². The van der Waals surface area contributed by atoms with Crippen molar-refractivity contribution in [2.24, 2.45) is 0 Å². The molecule has 1 aliphatic heterocycles. The zero-order valence-corrected chi connectivity index (χ0v) is 13.0. The summed E-state index contributed by atoms with van der Waals surface area (Å²) in [4.78, 5) is 4.68. The molecule has 1 unspecified atom stereocenters. The molecule has 1 aromatic carbocycles. The number of hydrogen-bond donors (Lipinski definition) is 0. The van der Waals surface area contributed by atoms with Gasteiger partial charge in [-0.1, -0.05) is 11.6 Å². The minimum Gasteiger partial charge on any atom is -0.373 e. The summed E-state index contributed by atoms with van der Waals surface area (Å²) in [5.74, 6) is 1.57. The zero-order valence-electron chi connectivity index (χ0n) is 11.5. The summed E-state index contributed by atoms with van der Waals surface area (Å²) >= 11 is 12.0. The molecule has 2 aromatic rings. The topological polar surface area (TPSA) is 27.1 Å². The van der Waals surface area contributed by atoms with Crippen LogP contribution in [0.2, 0.25) is 5.02 Å². The Morgan fingerprint density at radius 2 is 2.30 bits per heavy atom. The quantitative estimate of drug-likeness (QED) is 0.797. The van der Waals surface area contributed by atoms with Crippen molar-refractivity contribution in [1.29, 1.82) is 0 Å². The molecule has 0 aliphatic carbocycles. The smallest absolute Gasteiger partial charge is 0.111 e. The molecule has 0 N–H and O–H groups in total. The standard InChI is InChI=1S/C15H18Cl2N2O/c1-15(6-2-8-20-15)10-19-13-9-11(17)3-4-12(13)18-14(19)5-7-16/h3-4,9H,2,5-8,10H2,1H3. The van der Waals surface area contributed by atoms with Crippen LogP contribution in [0.25, 0.3) is 11.0 Å². The monoisotopic (exact) mass is 312 g/mol. The van der Waals surface area contributed by atoms with E-state index >= 15 is 0 Å². The average Bonchev–Trinajstić information content (AvgIpc) is 2.97. The van der Waals surface area contributed by atoms with Gasteiger partial charge in [0.15, 0.2) is 0 Å². The summed E-state index contributed by atoms with van der Waals surface area (Å²) in [5, 5.41) is 0.730. The number of benzene rings is 1. The lowest BCUT2D eigenvalue weighted by Gasteiger charge is -2.25. The van der Waals surface area contributed by atoms with Gasteiger partial charge in [-0.05, 0) is 38.0 Å². The van der Waals surface area contributed by atoms with Crippen molar-refractivity contribution in [3.8, 4) is 0 Å². The highest BCUT2D eigenvalue weighted by atomic mass is 35.5. The Kier molecular flexibility index (Phi) is 3.93. The van der Waals surface area contributed by atoms with Crippen molar-refractivity contribution in [3.05, 3.63) is 29.0 Å². The third-order valence-electron chi connectivity index (χ3n) is 3.90. The number of rotatable bonds is 4. The van der Waals surface area contributed by atoms with Crippen LogP contribution in [0.15, 0.2) is 18.2 Å². The lowest BCUT2D eigenvalue weighted by atomic mass is 10.0. The molecule has 1 aromatic heterocycles. The minimum absolute atomic E-state index is 0.114. The van der Waals surface area contributed by atoms with E-state index in [4.69, 9.17) is 27.9 Å². The van der Waals surface area contributed by atoms with Gasteiger partial charge in [0.1, 0.15) is 5.82 Å². The van der Waals surface area contributed by atoms with Gasteiger partial charge in [-0.25, -0.2) is 4.98 Å². The van der Waals surface area contributed by atoms with Crippen LogP contribution in [0.3, 0.4) is 0 Å². The van der Waals surface area contributed by atoms with Crippen LogP contribution in [0.5, 0.6) is 0 Å². The molecule has 2 heterocycles. The molecule has 0 bridgehead atoms. The Morgan fingerprint density at radius 1 is 1.45 bits per heavy atom. The van der Waals surface area contributed by atoms with Crippen LogP contribution >= 0.6 is 23.2 Å². The molecule has 0 saturated carbocycles. The van der Waals surface area contributed by atoms with E-state index in [1.165, 1.54) is 0 Å². The number of nitrogens with zero attached hydrogens (tertiary/aromatic N) is 2. The van der Waals surface area contributed by atoms with Gasteiger partial charge in [0.2, 0.25) is 0 Å². The van der Waals surface area contributed by atoms with Gasteiger partial charge < -0.3 is 9.30 Å². The summed E-state index contributed by atoms with van der Waals surface area (Å²) in [6, 6.07) is 5.81. The molecule has 1 saturated heterocycles. The van der Waals surface area contributed by atoms with Crippen LogP contribution < -0.4 is 0 Å². The lowest BCUT2D eigenvalue weighted by molar-refractivity contribution is 0.00653. The van der Waals surface area contributed by atoms with Crippen molar-refractivity contribution < 1.29 is 4.74 Å². The molecule has 1 fully saturated rings. The van der Waals surface area contributed by atoms with Gasteiger partial charge >= 0.3 is 0 Å². The number of alkyl halides is 1. The number of imidazole rings is 1. The molecule has 3 rings (SSSR count). The summed E-state index contributed by atoms with van der Waals surface area (Å²) in [6.45, 7) is 3.81. The number of ether oxygens (including phenoxy) is 1. The Hall–Kier alpha value is -0.770. The fourth-order valence-electron chi connectivity index (χ4n) is 2.89. The highest BCUT2D eigenvalue weighted by Crippen LogP contribution is 2.30. The summed E-state index contributed by atoms with van der Waals surface area (Å²) in [6.07, 6.45) is 2.95. The fourth-order valence-corrected chi connectivity index (χ4v) is 3.23. The van der Waals surface area contributed by atoms with Crippen LogP contribution in [0, 0.1) is 0 Å². The van der Waals surface area contributed by atoms with E-state index in [0.29, 0.717) is 5.88 Å². The van der Waals surface area contributed by atoms with Crippen molar-refractivity contribution in [2.75, 3.05) is 12.5 Å². The number of hydrogen-bond acceptors (Lipinski definition) is 2. The molecule has 0 amide bonds. The highest BCUT2D eigenvalue weighted by molar-refractivity contribution is 6.31. The van der Waals surface area contributed by atoms with Crippen LogP contribution in [-0.4, -0.2) is 27.6 Å². The SMILES string of the molecule is CC1(Cn2c(CCCl)nc3ccc(Cl)cc32)CCCO1. The number of halogens is 2. The highest BCUT2D eigenvalue weighted by Gasteiger charge is 2.31. The number of aromatic nitrogens is 2. The Morgan fingerprint density at radius 3 is 3.00 bits per heavy atom. The Bertz CT molecular complexity index is 618. The second-order valence-electron chi connectivity index (χ2n) is 5.59. The number of fused-ring (bicyclic) bond motifs is 1. The van der Waals surface area contributed by atoms with E-state index in [-0.39, 0.29) is 5.60 Å². The molecule has 5 heteroatoms. The first-order valence-electron chi connectivity index (χ1n) is 6.96. The zero-order chi connectivity index (χ0) is 14.2. The predicted octanol–water partition coefficient (Wildman–Crippen LogP) is 4.04. The first-order chi connectivity index (χ1) is 9.61. The average molecular weight is 313 g/mol. The maximum atomic E-state index is 6.13. The first-order valence-corrected chi connectivity index (χ1v) is 7.87. The molecule has 1 atom stereocenters. The second-order valence-corrected chi connectivity index (χ2v) is 6.40. The molecular weight excluding hydrogens is 295 g/mol. The van der Waals surface area contributed by atoms with E-state index < -0.39 is 0 Å². The summed E-state index contributed by atoms with van der Waals surface area (Å²) < 4.78 is 8.13. The molecular formula is C15H18Cl2N2O. The summed E-state index contributed by atoms with van der Waals surface area (Å²) in [7, 11) is 0. The Labute approximate surface area is 128 Å². The van der Waals surface area contributed by atoms with Crippen LogP contribution in [0.4, 0.5) is 0 Å². The van der Waals surface area contributed by atoms with E-state index in [1.54, 1.807) is 0 Å². The second kappa shape index (κ2) is 5.55. The van der Waals surface area contributed by atoms with Gasteiger partial charge in [-0.2, -0.15) is 0 Å². The lowest BCUT2D eigenvalue weighted by Crippen LogP contribution is -2.30. The molecule has 1 aliphatic rings. The third-order valence-corrected chi connectivity index (χ3v) is 4.32. The predicted molar refractivity (Wildman–Crippen MR) is 82.8 cm³/mol. The molecule has 20 heavy (non-hydrogen) atoms. The van der Waals surface area contributed by atoms with Gasteiger partial charge in [-0.15, -0.1) is 11.6 Å². The van der Waals surface area contributed by atoms with Crippen LogP contribution in [0.1, 0.15) is 25.6 Å². The molecule has 108 valence electrons. The number of aryl methyl sites for hydroxylation is 1. The maximum Gasteiger partial charge on any atom is 0.111 e. The van der Waals surface area contributed by atoms with E-state index in [2.05, 4.69) is 16.5 Å². The van der Waals surface area contributed by atoms with Gasteiger partial charge in [-0.3, -0.25) is 0 Å². The maximum absolute atomic E-state index is 6.13. The van der Waals surface area contributed by atoms with Crippen molar-refractivity contribution in [1.82, 2.24) is 9.55 Å².